The molecule has 0 saturated carbocycles. The lowest BCUT2D eigenvalue weighted by Crippen LogP contribution is -2.40. The van der Waals surface area contributed by atoms with Gasteiger partial charge in [-0.05, 0) is 26.2 Å². The van der Waals surface area contributed by atoms with Gasteiger partial charge in [-0.1, -0.05) is 0 Å². The predicted octanol–water partition coefficient (Wildman–Crippen LogP) is 0.879. The number of carboxylic acids is 1. The molecule has 1 amide bonds. The average Bonchev–Trinajstić information content (AvgIpc) is 2.73. The summed E-state index contributed by atoms with van der Waals surface area (Å²) >= 11 is 0. The first-order chi connectivity index (χ1) is 7.66. The fraction of sp³-hybridized carbons (Fsp3) is 0.818. The molecule has 0 radical (unpaired) electrons. The normalized spacial score (nSPS) is 20.1. The molecule has 1 rings (SSSR count). The Morgan fingerprint density at radius 3 is 2.88 bits per heavy atom. The molecule has 1 heterocycles. The minimum atomic E-state index is -0.893. The van der Waals surface area contributed by atoms with Crippen molar-refractivity contribution in [3.8, 4) is 0 Å². The van der Waals surface area contributed by atoms with E-state index in [2.05, 4.69) is 0 Å². The van der Waals surface area contributed by atoms with Gasteiger partial charge in [-0.15, -0.1) is 0 Å². The Balaban J connectivity index is 2.32. The summed E-state index contributed by atoms with van der Waals surface area (Å²) in [6.45, 7) is 3.69. The molecule has 0 aromatic heterocycles. The van der Waals surface area contributed by atoms with Crippen LogP contribution in [0.1, 0.15) is 32.6 Å². The number of hydrogen-bond acceptors (Lipinski definition) is 3. The molecule has 1 aliphatic rings. The van der Waals surface area contributed by atoms with Crippen LogP contribution in [-0.4, -0.2) is 47.7 Å². The summed E-state index contributed by atoms with van der Waals surface area (Å²) in [7, 11) is 0. The maximum Gasteiger partial charge on any atom is 0.326 e. The Morgan fingerprint density at radius 1 is 1.50 bits per heavy atom. The van der Waals surface area contributed by atoms with Crippen molar-refractivity contribution >= 4 is 11.9 Å². The molecule has 0 aliphatic carbocycles. The number of carbonyl (C=O) groups excluding carboxylic acids is 1. The molecule has 16 heavy (non-hydrogen) atoms. The van der Waals surface area contributed by atoms with Gasteiger partial charge in [-0.2, -0.15) is 0 Å². The van der Waals surface area contributed by atoms with Crippen LogP contribution < -0.4 is 0 Å². The Labute approximate surface area is 95.4 Å². The van der Waals surface area contributed by atoms with Gasteiger partial charge in [-0.25, -0.2) is 4.79 Å². The van der Waals surface area contributed by atoms with E-state index in [0.29, 0.717) is 39.0 Å². The molecule has 0 aromatic carbocycles. The molecule has 5 nitrogen and oxygen atoms in total. The topological polar surface area (TPSA) is 66.8 Å². The number of ether oxygens (including phenoxy) is 1. The highest BCUT2D eigenvalue weighted by atomic mass is 16.5. The monoisotopic (exact) mass is 229 g/mol. The van der Waals surface area contributed by atoms with Crippen molar-refractivity contribution in [3.05, 3.63) is 0 Å². The van der Waals surface area contributed by atoms with E-state index in [1.54, 1.807) is 0 Å². The highest BCUT2D eigenvalue weighted by molar-refractivity contribution is 5.84. The number of carbonyl (C=O) groups is 2. The van der Waals surface area contributed by atoms with Gasteiger partial charge in [-0.3, -0.25) is 4.79 Å². The van der Waals surface area contributed by atoms with Crippen LogP contribution in [0.25, 0.3) is 0 Å². The van der Waals surface area contributed by atoms with Crippen LogP contribution in [0.3, 0.4) is 0 Å². The summed E-state index contributed by atoms with van der Waals surface area (Å²) in [6, 6.07) is -0.611. The van der Waals surface area contributed by atoms with Crippen LogP contribution in [0.2, 0.25) is 0 Å². The number of aliphatic carboxylic acids is 1. The van der Waals surface area contributed by atoms with Gasteiger partial charge >= 0.3 is 5.97 Å². The molecule has 1 aliphatic heterocycles. The largest absolute Gasteiger partial charge is 0.480 e. The lowest BCUT2D eigenvalue weighted by Gasteiger charge is -2.21. The third-order valence-corrected chi connectivity index (χ3v) is 2.74. The van der Waals surface area contributed by atoms with E-state index in [4.69, 9.17) is 9.84 Å². The zero-order valence-corrected chi connectivity index (χ0v) is 9.65. The van der Waals surface area contributed by atoms with E-state index in [0.717, 1.165) is 6.42 Å². The van der Waals surface area contributed by atoms with E-state index < -0.39 is 12.0 Å². The lowest BCUT2D eigenvalue weighted by atomic mass is 10.2. The van der Waals surface area contributed by atoms with Crippen molar-refractivity contribution in [3.63, 3.8) is 0 Å². The van der Waals surface area contributed by atoms with Gasteiger partial charge in [0.2, 0.25) is 5.91 Å². The van der Waals surface area contributed by atoms with E-state index in [9.17, 15) is 9.59 Å². The Morgan fingerprint density at radius 2 is 2.25 bits per heavy atom. The predicted molar refractivity (Wildman–Crippen MR) is 58.1 cm³/mol. The fourth-order valence-corrected chi connectivity index (χ4v) is 1.94. The van der Waals surface area contributed by atoms with E-state index in [1.807, 2.05) is 6.92 Å². The number of likely N-dealkylation sites (tertiary alicyclic amines) is 1. The molecule has 0 aromatic rings. The smallest absolute Gasteiger partial charge is 0.326 e. The number of amides is 1. The van der Waals surface area contributed by atoms with Crippen molar-refractivity contribution < 1.29 is 19.4 Å². The lowest BCUT2D eigenvalue weighted by molar-refractivity contribution is -0.148. The number of hydrogen-bond donors (Lipinski definition) is 1. The highest BCUT2D eigenvalue weighted by Gasteiger charge is 2.33. The summed E-state index contributed by atoms with van der Waals surface area (Å²) in [5.74, 6) is -0.958. The molecule has 0 unspecified atom stereocenters. The SMILES string of the molecule is CCOCCCC(=O)N1CCC[C@H]1C(=O)O. The van der Waals surface area contributed by atoms with Gasteiger partial charge < -0.3 is 14.7 Å². The standard InChI is InChI=1S/C11H19NO4/c1-2-16-8-4-6-10(13)12-7-3-5-9(12)11(14)15/h9H,2-8H2,1H3,(H,14,15)/t9-/m0/s1. The van der Waals surface area contributed by atoms with Crippen molar-refractivity contribution in [1.29, 1.82) is 0 Å². The Kier molecular flexibility index (Phi) is 5.25. The van der Waals surface area contributed by atoms with Gasteiger partial charge in [0, 0.05) is 26.2 Å². The van der Waals surface area contributed by atoms with Crippen LogP contribution in [0.4, 0.5) is 0 Å². The molecule has 1 N–H and O–H groups in total. The molecular weight excluding hydrogens is 210 g/mol. The summed E-state index contributed by atoms with van der Waals surface area (Å²) in [4.78, 5) is 24.1. The summed E-state index contributed by atoms with van der Waals surface area (Å²) in [6.07, 6.45) is 2.40. The molecule has 0 bridgehead atoms. The van der Waals surface area contributed by atoms with Crippen LogP contribution in [0.15, 0.2) is 0 Å². The van der Waals surface area contributed by atoms with Crippen molar-refractivity contribution in [1.82, 2.24) is 4.90 Å². The van der Waals surface area contributed by atoms with E-state index in [1.165, 1.54) is 4.90 Å². The fourth-order valence-electron chi connectivity index (χ4n) is 1.94. The first-order valence-corrected chi connectivity index (χ1v) is 5.76. The quantitative estimate of drug-likeness (QED) is 0.686. The van der Waals surface area contributed by atoms with E-state index in [-0.39, 0.29) is 5.91 Å². The Hall–Kier alpha value is -1.10. The van der Waals surface area contributed by atoms with Crippen LogP contribution in [0, 0.1) is 0 Å². The third-order valence-electron chi connectivity index (χ3n) is 2.74. The number of carboxylic acid groups (broad SMARTS) is 1. The molecule has 5 heteroatoms. The molecule has 1 fully saturated rings. The van der Waals surface area contributed by atoms with Gasteiger partial charge in [0.05, 0.1) is 0 Å². The summed E-state index contributed by atoms with van der Waals surface area (Å²) in [5, 5.41) is 8.92. The van der Waals surface area contributed by atoms with E-state index >= 15 is 0 Å². The third kappa shape index (κ3) is 3.48. The second kappa shape index (κ2) is 6.48. The van der Waals surface area contributed by atoms with Crippen molar-refractivity contribution in [2.24, 2.45) is 0 Å². The zero-order valence-electron chi connectivity index (χ0n) is 9.65. The summed E-state index contributed by atoms with van der Waals surface area (Å²) in [5.41, 5.74) is 0. The highest BCUT2D eigenvalue weighted by Crippen LogP contribution is 2.18. The Bertz CT molecular complexity index is 254. The maximum absolute atomic E-state index is 11.7. The maximum atomic E-state index is 11.7. The number of nitrogens with zero attached hydrogens (tertiary/aromatic N) is 1. The molecular formula is C11H19NO4. The number of rotatable bonds is 6. The minimum absolute atomic E-state index is 0.0652. The van der Waals surface area contributed by atoms with Gasteiger partial charge in [0.15, 0.2) is 0 Å². The molecule has 1 saturated heterocycles. The summed E-state index contributed by atoms with van der Waals surface area (Å²) < 4.78 is 5.13. The van der Waals surface area contributed by atoms with Gasteiger partial charge in [0.25, 0.3) is 0 Å². The second-order valence-electron chi connectivity index (χ2n) is 3.88. The van der Waals surface area contributed by atoms with Gasteiger partial charge in [0.1, 0.15) is 6.04 Å². The zero-order chi connectivity index (χ0) is 12.0. The van der Waals surface area contributed by atoms with Crippen molar-refractivity contribution in [2.75, 3.05) is 19.8 Å². The molecule has 1 atom stereocenters. The first-order valence-electron chi connectivity index (χ1n) is 5.76. The van der Waals surface area contributed by atoms with Crippen LogP contribution >= 0.6 is 0 Å². The first kappa shape index (κ1) is 13.0. The second-order valence-corrected chi connectivity index (χ2v) is 3.88. The molecule has 92 valence electrons. The van der Waals surface area contributed by atoms with Crippen LogP contribution in [0.5, 0.6) is 0 Å². The molecule has 0 spiro atoms. The van der Waals surface area contributed by atoms with Crippen molar-refractivity contribution in [2.45, 2.75) is 38.6 Å². The van der Waals surface area contributed by atoms with Crippen LogP contribution in [-0.2, 0) is 14.3 Å². The minimum Gasteiger partial charge on any atom is -0.480 e. The average molecular weight is 229 g/mol.